The highest BCUT2D eigenvalue weighted by molar-refractivity contribution is 5.31. The van der Waals surface area contributed by atoms with Crippen LogP contribution >= 0.6 is 0 Å². The van der Waals surface area contributed by atoms with Gasteiger partial charge in [0.05, 0.1) is 17.9 Å². The van der Waals surface area contributed by atoms with Crippen LogP contribution in [0.2, 0.25) is 0 Å². The smallest absolute Gasteiger partial charge is 0.216 e. The van der Waals surface area contributed by atoms with Crippen LogP contribution in [0.25, 0.3) is 0 Å². The van der Waals surface area contributed by atoms with E-state index in [1.807, 2.05) is 14.0 Å². The second kappa shape index (κ2) is 7.59. The number of aryl methyl sites for hydroxylation is 2. The van der Waals surface area contributed by atoms with E-state index in [0.717, 1.165) is 56.4 Å². The summed E-state index contributed by atoms with van der Waals surface area (Å²) in [6.07, 6.45) is 1.75. The normalized spacial score (nSPS) is 17.1. The van der Waals surface area contributed by atoms with E-state index < -0.39 is 0 Å². The van der Waals surface area contributed by atoms with E-state index in [-0.39, 0.29) is 6.61 Å². The Hall–Kier alpha value is -1.37. The summed E-state index contributed by atoms with van der Waals surface area (Å²) in [7, 11) is 1.91. The van der Waals surface area contributed by atoms with Crippen molar-refractivity contribution in [3.05, 3.63) is 23.9 Å². The molecule has 0 unspecified atom stereocenters. The highest BCUT2D eigenvalue weighted by Crippen LogP contribution is 2.23. The molecule has 1 aliphatic rings. The second-order valence-corrected chi connectivity index (χ2v) is 5.43. The maximum Gasteiger partial charge on any atom is 0.216 e. The number of rotatable bonds is 7. The third kappa shape index (κ3) is 4.06. The molecule has 0 aromatic carbocycles. The molecule has 1 fully saturated rings. The van der Waals surface area contributed by atoms with Gasteiger partial charge in [0.15, 0.2) is 0 Å². The maximum absolute atomic E-state index is 8.99. The number of aromatic nitrogens is 2. The number of hydrogen-bond acceptors (Lipinski definition) is 5. The van der Waals surface area contributed by atoms with Gasteiger partial charge in [-0.2, -0.15) is 5.10 Å². The van der Waals surface area contributed by atoms with Crippen LogP contribution in [0.15, 0.2) is 12.7 Å². The summed E-state index contributed by atoms with van der Waals surface area (Å²) >= 11 is 0. The number of ether oxygens (including phenoxy) is 1. The van der Waals surface area contributed by atoms with E-state index in [9.17, 15) is 0 Å². The van der Waals surface area contributed by atoms with Crippen LogP contribution < -0.4 is 4.74 Å². The van der Waals surface area contributed by atoms with Gasteiger partial charge in [0.1, 0.15) is 6.61 Å². The van der Waals surface area contributed by atoms with Crippen LogP contribution in [0.5, 0.6) is 5.88 Å². The summed E-state index contributed by atoms with van der Waals surface area (Å²) in [5.74, 6) is 0.838. The molecular weight excluding hydrogens is 268 g/mol. The van der Waals surface area contributed by atoms with Crippen LogP contribution in [-0.2, 0) is 13.6 Å². The van der Waals surface area contributed by atoms with Crippen LogP contribution in [0.4, 0.5) is 0 Å². The summed E-state index contributed by atoms with van der Waals surface area (Å²) in [5.41, 5.74) is 2.18. The molecule has 1 aliphatic heterocycles. The zero-order valence-electron chi connectivity index (χ0n) is 13.1. The van der Waals surface area contributed by atoms with Gasteiger partial charge in [-0.05, 0) is 6.92 Å². The molecular formula is C15H26N4O2. The zero-order chi connectivity index (χ0) is 15.2. The molecule has 0 saturated carbocycles. The molecule has 0 amide bonds. The van der Waals surface area contributed by atoms with Gasteiger partial charge in [-0.3, -0.25) is 9.80 Å². The van der Waals surface area contributed by atoms with E-state index in [2.05, 4.69) is 21.5 Å². The van der Waals surface area contributed by atoms with Crippen molar-refractivity contribution in [1.29, 1.82) is 0 Å². The summed E-state index contributed by atoms with van der Waals surface area (Å²) in [5, 5.41) is 13.4. The molecule has 2 rings (SSSR count). The van der Waals surface area contributed by atoms with Crippen molar-refractivity contribution in [2.45, 2.75) is 13.5 Å². The molecule has 6 nitrogen and oxygen atoms in total. The molecule has 1 aromatic heterocycles. The molecule has 118 valence electrons. The summed E-state index contributed by atoms with van der Waals surface area (Å²) in [6, 6.07) is 0. The molecule has 1 aromatic rings. The van der Waals surface area contributed by atoms with Crippen molar-refractivity contribution in [1.82, 2.24) is 19.6 Å². The van der Waals surface area contributed by atoms with Gasteiger partial charge in [-0.1, -0.05) is 12.7 Å². The fourth-order valence-corrected chi connectivity index (χ4v) is 2.72. The Balaban J connectivity index is 1.98. The van der Waals surface area contributed by atoms with Crippen molar-refractivity contribution in [3.63, 3.8) is 0 Å². The van der Waals surface area contributed by atoms with Gasteiger partial charge >= 0.3 is 0 Å². The molecule has 1 saturated heterocycles. The van der Waals surface area contributed by atoms with Gasteiger partial charge in [-0.15, -0.1) is 0 Å². The quantitative estimate of drug-likeness (QED) is 0.738. The average Bonchev–Trinajstić information content (AvgIpc) is 2.73. The second-order valence-electron chi connectivity index (χ2n) is 5.43. The van der Waals surface area contributed by atoms with Gasteiger partial charge in [0.2, 0.25) is 5.88 Å². The Morgan fingerprint density at radius 3 is 2.57 bits per heavy atom. The van der Waals surface area contributed by atoms with Gasteiger partial charge in [0.25, 0.3) is 0 Å². The van der Waals surface area contributed by atoms with E-state index in [1.54, 1.807) is 10.8 Å². The lowest BCUT2D eigenvalue weighted by Crippen LogP contribution is -2.46. The van der Waals surface area contributed by atoms with Crippen molar-refractivity contribution in [3.8, 4) is 5.88 Å². The fourth-order valence-electron chi connectivity index (χ4n) is 2.72. The number of aliphatic hydroxyl groups excluding tert-OH is 1. The topological polar surface area (TPSA) is 53.8 Å². The molecule has 0 radical (unpaired) electrons. The maximum atomic E-state index is 8.99. The lowest BCUT2D eigenvalue weighted by Gasteiger charge is -2.34. The van der Waals surface area contributed by atoms with Gasteiger partial charge in [-0.25, -0.2) is 4.68 Å². The molecule has 0 bridgehead atoms. The summed E-state index contributed by atoms with van der Waals surface area (Å²) in [4.78, 5) is 4.71. The van der Waals surface area contributed by atoms with Crippen LogP contribution in [0.3, 0.4) is 0 Å². The predicted molar refractivity (Wildman–Crippen MR) is 82.4 cm³/mol. The molecule has 0 atom stereocenters. The Morgan fingerprint density at radius 1 is 1.29 bits per heavy atom. The molecule has 21 heavy (non-hydrogen) atoms. The number of piperazine rings is 1. The molecule has 0 aliphatic carbocycles. The minimum Gasteiger partial charge on any atom is -0.473 e. The van der Waals surface area contributed by atoms with Gasteiger partial charge < -0.3 is 9.84 Å². The number of hydrogen-bond donors (Lipinski definition) is 1. The number of nitrogens with zero attached hydrogens (tertiary/aromatic N) is 4. The average molecular weight is 294 g/mol. The van der Waals surface area contributed by atoms with E-state index in [0.29, 0.717) is 6.61 Å². The Morgan fingerprint density at radius 2 is 1.95 bits per heavy atom. The van der Waals surface area contributed by atoms with Crippen molar-refractivity contribution < 1.29 is 9.84 Å². The first kappa shape index (κ1) is 16.0. The monoisotopic (exact) mass is 294 g/mol. The van der Waals surface area contributed by atoms with Crippen LogP contribution in [-0.4, -0.2) is 70.6 Å². The number of β-amino-alcohol motifs (C(OH)–C–C–N with tert-alkyl or cyclic N) is 1. The zero-order valence-corrected chi connectivity index (χ0v) is 13.1. The summed E-state index contributed by atoms with van der Waals surface area (Å²) < 4.78 is 7.55. The molecule has 0 spiro atoms. The van der Waals surface area contributed by atoms with Crippen molar-refractivity contribution >= 4 is 0 Å². The predicted octanol–water partition coefficient (Wildman–Crippen LogP) is 0.403. The first-order valence-corrected chi connectivity index (χ1v) is 7.47. The highest BCUT2D eigenvalue weighted by atomic mass is 16.5. The largest absolute Gasteiger partial charge is 0.473 e. The standard InChI is InChI=1S/C15H26N4O2/c1-4-11-21-15-14(13(2)16-17(15)3)12-19-7-5-18(6-8-19)9-10-20/h4,20H,1,5-12H2,2-3H3. The minimum absolute atomic E-state index is 0.237. The Labute approximate surface area is 126 Å². The third-order valence-electron chi connectivity index (χ3n) is 3.89. The van der Waals surface area contributed by atoms with Crippen molar-refractivity contribution in [2.75, 3.05) is 45.9 Å². The minimum atomic E-state index is 0.237. The van der Waals surface area contributed by atoms with Gasteiger partial charge in [0, 0.05) is 46.3 Å². The van der Waals surface area contributed by atoms with Crippen LogP contribution in [0.1, 0.15) is 11.3 Å². The van der Waals surface area contributed by atoms with E-state index in [1.165, 1.54) is 0 Å². The molecule has 1 N–H and O–H groups in total. The fraction of sp³-hybridized carbons (Fsp3) is 0.667. The molecule has 2 heterocycles. The summed E-state index contributed by atoms with van der Waals surface area (Å²) in [6.45, 7) is 12.1. The SMILES string of the molecule is C=CCOc1c(CN2CCN(CCO)CC2)c(C)nn1C. The molecule has 6 heteroatoms. The Bertz CT molecular complexity index is 464. The van der Waals surface area contributed by atoms with Crippen molar-refractivity contribution in [2.24, 2.45) is 7.05 Å². The first-order chi connectivity index (χ1) is 10.2. The third-order valence-corrected chi connectivity index (χ3v) is 3.89. The Kier molecular flexibility index (Phi) is 5.78. The number of aliphatic hydroxyl groups is 1. The van der Waals surface area contributed by atoms with E-state index in [4.69, 9.17) is 9.84 Å². The lowest BCUT2D eigenvalue weighted by atomic mass is 10.2. The first-order valence-electron chi connectivity index (χ1n) is 7.47. The lowest BCUT2D eigenvalue weighted by molar-refractivity contribution is 0.107. The van der Waals surface area contributed by atoms with E-state index >= 15 is 0 Å². The van der Waals surface area contributed by atoms with Crippen LogP contribution in [0, 0.1) is 6.92 Å². The highest BCUT2D eigenvalue weighted by Gasteiger charge is 2.21.